The number of ether oxygens (including phenoxy) is 1. The number of nitrogens with zero attached hydrogens (tertiary/aromatic N) is 4. The third kappa shape index (κ3) is 4.18. The lowest BCUT2D eigenvalue weighted by atomic mass is 10.2. The summed E-state index contributed by atoms with van der Waals surface area (Å²) in [6.07, 6.45) is 7.82. The number of carbonyl (C=O) groups is 1. The number of carbonyl (C=O) groups excluding carboxylic acids is 1. The average molecular weight is 381 g/mol. The van der Waals surface area contributed by atoms with E-state index in [0.29, 0.717) is 11.7 Å². The standard InChI is InChI=1S/C21H27N5O2/c1-28-18-8-6-17(7-9-18)25-10-12-26(13-11-25)20-15-22-19(14-23-20)21(27)24-16-4-2-3-5-16/h6-9,14-16H,2-5,10-13H2,1H3,(H,24,27). The van der Waals surface area contributed by atoms with E-state index in [1.165, 1.54) is 18.5 Å². The van der Waals surface area contributed by atoms with Gasteiger partial charge in [-0.25, -0.2) is 9.97 Å². The molecule has 0 spiro atoms. The van der Waals surface area contributed by atoms with Crippen molar-refractivity contribution in [2.45, 2.75) is 31.7 Å². The monoisotopic (exact) mass is 381 g/mol. The lowest BCUT2D eigenvalue weighted by Crippen LogP contribution is -2.46. The van der Waals surface area contributed by atoms with Gasteiger partial charge in [-0.1, -0.05) is 12.8 Å². The minimum atomic E-state index is -0.115. The summed E-state index contributed by atoms with van der Waals surface area (Å²) < 4.78 is 5.22. The summed E-state index contributed by atoms with van der Waals surface area (Å²) in [5.74, 6) is 1.58. The molecule has 148 valence electrons. The van der Waals surface area contributed by atoms with Gasteiger partial charge in [0.2, 0.25) is 0 Å². The first-order valence-electron chi connectivity index (χ1n) is 10.00. The molecule has 28 heavy (non-hydrogen) atoms. The highest BCUT2D eigenvalue weighted by atomic mass is 16.5. The van der Waals surface area contributed by atoms with Crippen LogP contribution in [0.5, 0.6) is 5.75 Å². The van der Waals surface area contributed by atoms with Crippen LogP contribution in [0.4, 0.5) is 11.5 Å². The lowest BCUT2D eigenvalue weighted by molar-refractivity contribution is 0.0932. The zero-order chi connectivity index (χ0) is 19.3. The lowest BCUT2D eigenvalue weighted by Gasteiger charge is -2.36. The van der Waals surface area contributed by atoms with Crippen molar-refractivity contribution in [2.75, 3.05) is 43.1 Å². The Morgan fingerprint density at radius 3 is 2.29 bits per heavy atom. The topological polar surface area (TPSA) is 70.6 Å². The fourth-order valence-corrected chi connectivity index (χ4v) is 3.92. The van der Waals surface area contributed by atoms with E-state index in [2.05, 4.69) is 37.2 Å². The number of methoxy groups -OCH3 is 1. The Balaban J connectivity index is 1.32. The molecule has 1 saturated heterocycles. The normalized spacial score (nSPS) is 17.6. The number of rotatable bonds is 5. The SMILES string of the molecule is COc1ccc(N2CCN(c3cnc(C(=O)NC4CCCC4)cn3)CC2)cc1. The Labute approximate surface area is 165 Å². The summed E-state index contributed by atoms with van der Waals surface area (Å²) in [5, 5.41) is 3.06. The largest absolute Gasteiger partial charge is 0.497 e. The van der Waals surface area contributed by atoms with Gasteiger partial charge in [0.05, 0.1) is 19.5 Å². The quantitative estimate of drug-likeness (QED) is 0.858. The number of hydrogen-bond acceptors (Lipinski definition) is 6. The van der Waals surface area contributed by atoms with Gasteiger partial charge >= 0.3 is 0 Å². The molecule has 2 aliphatic rings. The smallest absolute Gasteiger partial charge is 0.271 e. The zero-order valence-electron chi connectivity index (χ0n) is 16.3. The van der Waals surface area contributed by atoms with Gasteiger partial charge in [-0.15, -0.1) is 0 Å². The molecule has 7 nitrogen and oxygen atoms in total. The zero-order valence-corrected chi connectivity index (χ0v) is 16.3. The highest BCUT2D eigenvalue weighted by molar-refractivity contribution is 5.92. The van der Waals surface area contributed by atoms with Crippen LogP contribution >= 0.6 is 0 Å². The number of hydrogen-bond donors (Lipinski definition) is 1. The Morgan fingerprint density at radius 1 is 1.00 bits per heavy atom. The summed E-state index contributed by atoms with van der Waals surface area (Å²) >= 11 is 0. The van der Waals surface area contributed by atoms with Crippen molar-refractivity contribution in [1.82, 2.24) is 15.3 Å². The number of anilines is 2. The van der Waals surface area contributed by atoms with E-state index in [4.69, 9.17) is 4.74 Å². The van der Waals surface area contributed by atoms with Gasteiger partial charge in [0.15, 0.2) is 0 Å². The molecule has 7 heteroatoms. The number of nitrogens with one attached hydrogen (secondary N) is 1. The molecular formula is C21H27N5O2. The van der Waals surface area contributed by atoms with E-state index in [1.54, 1.807) is 19.5 Å². The summed E-state index contributed by atoms with van der Waals surface area (Å²) in [4.78, 5) is 25.7. The Hall–Kier alpha value is -2.83. The number of amides is 1. The van der Waals surface area contributed by atoms with E-state index in [0.717, 1.165) is 50.6 Å². The van der Waals surface area contributed by atoms with Crippen molar-refractivity contribution in [3.05, 3.63) is 42.4 Å². The van der Waals surface area contributed by atoms with Crippen molar-refractivity contribution < 1.29 is 9.53 Å². The van der Waals surface area contributed by atoms with Crippen molar-refractivity contribution in [3.8, 4) is 5.75 Å². The van der Waals surface area contributed by atoms with Gasteiger partial charge in [-0.2, -0.15) is 0 Å². The van der Waals surface area contributed by atoms with Crippen LogP contribution in [0, 0.1) is 0 Å². The Bertz CT molecular complexity index is 779. The summed E-state index contributed by atoms with van der Waals surface area (Å²) in [7, 11) is 1.68. The van der Waals surface area contributed by atoms with Crippen LogP contribution in [0.25, 0.3) is 0 Å². The molecule has 0 bridgehead atoms. The first-order chi connectivity index (χ1) is 13.7. The van der Waals surface area contributed by atoms with E-state index in [9.17, 15) is 4.79 Å². The molecule has 2 heterocycles. The molecule has 0 unspecified atom stereocenters. The van der Waals surface area contributed by atoms with Gasteiger partial charge in [-0.3, -0.25) is 4.79 Å². The molecule has 1 aromatic heterocycles. The predicted octanol–water partition coefficient (Wildman–Crippen LogP) is 2.48. The van der Waals surface area contributed by atoms with E-state index >= 15 is 0 Å². The molecule has 1 N–H and O–H groups in total. The van der Waals surface area contributed by atoms with Crippen LogP contribution in [0.2, 0.25) is 0 Å². The van der Waals surface area contributed by atoms with Gasteiger partial charge in [0, 0.05) is 37.9 Å². The molecule has 1 aromatic carbocycles. The summed E-state index contributed by atoms with van der Waals surface area (Å²) in [5.41, 5.74) is 1.60. The van der Waals surface area contributed by atoms with Crippen molar-refractivity contribution in [2.24, 2.45) is 0 Å². The van der Waals surface area contributed by atoms with E-state index in [1.807, 2.05) is 12.1 Å². The second-order valence-corrected chi connectivity index (χ2v) is 7.39. The molecule has 0 radical (unpaired) electrons. The fourth-order valence-electron chi connectivity index (χ4n) is 3.92. The minimum absolute atomic E-state index is 0.115. The Kier molecular flexibility index (Phi) is 5.60. The van der Waals surface area contributed by atoms with Crippen LogP contribution in [0.1, 0.15) is 36.2 Å². The van der Waals surface area contributed by atoms with Crippen LogP contribution < -0.4 is 19.9 Å². The van der Waals surface area contributed by atoms with Crippen LogP contribution in [0.15, 0.2) is 36.7 Å². The Morgan fingerprint density at radius 2 is 1.68 bits per heavy atom. The van der Waals surface area contributed by atoms with Gasteiger partial charge in [-0.05, 0) is 37.1 Å². The molecule has 0 atom stereocenters. The fraction of sp³-hybridized carbons (Fsp3) is 0.476. The number of benzene rings is 1. The summed E-state index contributed by atoms with van der Waals surface area (Å²) in [6, 6.07) is 8.45. The molecule has 1 amide bonds. The number of piperazine rings is 1. The van der Waals surface area contributed by atoms with Crippen molar-refractivity contribution in [1.29, 1.82) is 0 Å². The molecule has 2 fully saturated rings. The predicted molar refractivity (Wildman–Crippen MR) is 109 cm³/mol. The summed E-state index contributed by atoms with van der Waals surface area (Å²) in [6.45, 7) is 3.57. The maximum atomic E-state index is 12.3. The van der Waals surface area contributed by atoms with Crippen LogP contribution in [-0.4, -0.2) is 55.2 Å². The highest BCUT2D eigenvalue weighted by Crippen LogP contribution is 2.22. The second-order valence-electron chi connectivity index (χ2n) is 7.39. The van der Waals surface area contributed by atoms with Crippen molar-refractivity contribution >= 4 is 17.4 Å². The maximum Gasteiger partial charge on any atom is 0.271 e. The molecule has 1 aliphatic heterocycles. The first kappa shape index (κ1) is 18.5. The minimum Gasteiger partial charge on any atom is -0.497 e. The average Bonchev–Trinajstić information content (AvgIpc) is 3.27. The second kappa shape index (κ2) is 8.46. The van der Waals surface area contributed by atoms with Crippen LogP contribution in [0.3, 0.4) is 0 Å². The van der Waals surface area contributed by atoms with Gasteiger partial charge in [0.25, 0.3) is 5.91 Å². The van der Waals surface area contributed by atoms with Gasteiger partial charge in [0.1, 0.15) is 17.3 Å². The third-order valence-electron chi connectivity index (χ3n) is 5.60. The molecule has 2 aromatic rings. The molecule has 4 rings (SSSR count). The van der Waals surface area contributed by atoms with E-state index < -0.39 is 0 Å². The van der Waals surface area contributed by atoms with Crippen molar-refractivity contribution in [3.63, 3.8) is 0 Å². The van der Waals surface area contributed by atoms with Gasteiger partial charge < -0.3 is 19.9 Å². The first-order valence-corrected chi connectivity index (χ1v) is 10.00. The molecule has 1 saturated carbocycles. The third-order valence-corrected chi connectivity index (χ3v) is 5.60. The molecule has 1 aliphatic carbocycles. The van der Waals surface area contributed by atoms with E-state index in [-0.39, 0.29) is 5.91 Å². The molecular weight excluding hydrogens is 354 g/mol. The maximum absolute atomic E-state index is 12.3. The number of aromatic nitrogens is 2. The van der Waals surface area contributed by atoms with Crippen LogP contribution in [-0.2, 0) is 0 Å². The highest BCUT2D eigenvalue weighted by Gasteiger charge is 2.21.